The van der Waals surface area contributed by atoms with Gasteiger partial charge in [-0.2, -0.15) is 0 Å². The van der Waals surface area contributed by atoms with Crippen molar-refractivity contribution in [3.63, 3.8) is 0 Å². The van der Waals surface area contributed by atoms with E-state index in [-0.39, 0.29) is 0 Å². The number of carboxylic acids is 1. The minimum atomic E-state index is -3.34. The maximum absolute atomic E-state index is 13.6. The Hall–Kier alpha value is -3.80. The number of hydrogen-bond donors (Lipinski definition) is 30. The number of carbonyl (C=O) groups is 4. The van der Waals surface area contributed by atoms with Crippen molar-refractivity contribution in [3.8, 4) is 0 Å². The molecule has 8 fully saturated rings. The lowest BCUT2D eigenvalue weighted by molar-refractivity contribution is -0.394. The number of rotatable bonds is 33. The van der Waals surface area contributed by atoms with E-state index < -0.39 is 358 Å². The Morgan fingerprint density at radius 2 is 0.814 bits per heavy atom. The van der Waals surface area contributed by atoms with Crippen molar-refractivity contribution in [3.05, 3.63) is 0 Å². The molecule has 8 aliphatic heterocycles. The average Bonchev–Trinajstić information content (AvgIpc) is 0.765. The summed E-state index contributed by atoms with van der Waals surface area (Å²) in [6.07, 6.45) is -89.8. The lowest BCUT2D eigenvalue weighted by atomic mass is 9.88. The highest BCUT2D eigenvalue weighted by Gasteiger charge is 2.63. The maximum Gasteiger partial charge on any atom is 0.364 e. The van der Waals surface area contributed by atoms with Gasteiger partial charge in [0.15, 0.2) is 44.0 Å². The summed E-state index contributed by atoms with van der Waals surface area (Å²) in [7, 11) is 0. The number of aliphatic carboxylic acids is 1. The first-order valence-electron chi connectivity index (χ1n) is 35.9. The zero-order valence-electron chi connectivity index (χ0n) is 61.0. The molecule has 0 aliphatic carbocycles. The standard InChI is InChI=1S/C63H107N3O47/c1-15-32(81)40(89)43(92)57(99-15)109-51-31(66-19(5)76)55(104-27(13-73)48(51)107-60-46(95)53(38(87)26(12-72)102-60)113-63(62(96)97)6-20(77)29(64-17(3)74)50(112-63)35(84)22(79)8-68)98-14-28-39(88)52(45(94)59(105-28)106-47(23(80)9-69)34(83)21(78)7-67)110-56-30(65-18(4)75)49(37(86)25(11-71)101-56)108-61-54(42(91)36(85)24(10-70)103-61)111-58-44(93)41(90)33(82)16(2)100-58/h15-16,20-61,67-73,77-95H,6-14H2,1-5H3,(H,64,74)(H,65,75)(H,66,76)(H,96,97)/t15-,16-,20-,21-,22+,23+,24+,25+,26+,27+,28+,29+,30+,31+,32+,33+,34+,35+,36-,37+,38-,39-,40+,41+,42-,43-,44-,45+,46+,47+,48+,49+,50+,51+,52-,53-,54+,55+,56-,57-,58-,59-,60-,61-,63-/m0/s1. The van der Waals surface area contributed by atoms with Crippen LogP contribution in [-0.2, 0) is 95.0 Å². The van der Waals surface area contributed by atoms with Crippen molar-refractivity contribution in [1.29, 1.82) is 0 Å². The molecule has 45 atom stereocenters. The molecule has 0 bridgehead atoms. The minimum absolute atomic E-state index is 0.884. The summed E-state index contributed by atoms with van der Waals surface area (Å²) in [6, 6.07) is -5.89. The van der Waals surface area contributed by atoms with Crippen molar-refractivity contribution in [2.24, 2.45) is 0 Å². The number of amides is 3. The highest BCUT2D eigenvalue weighted by molar-refractivity contribution is 5.77. The Kier molecular flexibility index (Phi) is 34.3. The highest BCUT2D eigenvalue weighted by Crippen LogP contribution is 2.42. The number of aliphatic hydroxyl groups excluding tert-OH is 26. The lowest BCUT2D eigenvalue weighted by Crippen LogP contribution is -2.71. The fraction of sp³-hybridized carbons (Fsp3) is 0.937. The second-order valence-electron chi connectivity index (χ2n) is 28.6. The van der Waals surface area contributed by atoms with Crippen LogP contribution in [0.1, 0.15) is 41.0 Å². The van der Waals surface area contributed by atoms with Crippen molar-refractivity contribution in [1.82, 2.24) is 16.0 Å². The van der Waals surface area contributed by atoms with Crippen LogP contribution in [0.3, 0.4) is 0 Å². The van der Waals surface area contributed by atoms with Crippen LogP contribution in [-0.4, -0.2) is 490 Å². The fourth-order valence-electron chi connectivity index (χ4n) is 14.2. The smallest absolute Gasteiger partial charge is 0.364 e. The van der Waals surface area contributed by atoms with Gasteiger partial charge in [-0.3, -0.25) is 14.4 Å². The van der Waals surface area contributed by atoms with E-state index in [1.165, 1.54) is 13.8 Å². The highest BCUT2D eigenvalue weighted by atomic mass is 16.8. The van der Waals surface area contributed by atoms with Gasteiger partial charge in [-0.05, 0) is 13.8 Å². The van der Waals surface area contributed by atoms with Crippen LogP contribution in [0.4, 0.5) is 0 Å². The van der Waals surface area contributed by atoms with Crippen molar-refractivity contribution in [2.45, 2.75) is 317 Å². The molecule has 0 unspecified atom stereocenters. The van der Waals surface area contributed by atoms with Crippen LogP contribution in [0.15, 0.2) is 0 Å². The Morgan fingerprint density at radius 3 is 1.33 bits per heavy atom. The average molecular weight is 1660 g/mol. The van der Waals surface area contributed by atoms with Crippen molar-refractivity contribution >= 4 is 23.7 Å². The van der Waals surface area contributed by atoms with E-state index in [0.717, 1.165) is 20.8 Å². The fourth-order valence-corrected chi connectivity index (χ4v) is 14.2. The summed E-state index contributed by atoms with van der Waals surface area (Å²) in [5.41, 5.74) is 0. The number of hydrogen-bond acceptors (Lipinski definition) is 46. The summed E-state index contributed by atoms with van der Waals surface area (Å²) in [5.74, 6) is -8.48. The third-order valence-electron chi connectivity index (χ3n) is 20.5. The van der Waals surface area contributed by atoms with Crippen LogP contribution >= 0.6 is 0 Å². The summed E-state index contributed by atoms with van der Waals surface area (Å²) in [5, 5.41) is 305. The van der Waals surface area contributed by atoms with Gasteiger partial charge in [0, 0.05) is 27.2 Å². The largest absolute Gasteiger partial charge is 0.477 e. The first kappa shape index (κ1) is 94.7. The van der Waals surface area contributed by atoms with Crippen LogP contribution in [0.2, 0.25) is 0 Å². The normalized spacial score (nSPS) is 46.3. The molecule has 0 spiro atoms. The molecule has 0 aromatic heterocycles. The molecule has 0 aromatic carbocycles. The van der Waals surface area contributed by atoms with Gasteiger partial charge < -0.3 is 230 Å². The van der Waals surface area contributed by atoms with Gasteiger partial charge in [-0.1, -0.05) is 0 Å². The molecular formula is C63H107N3O47. The predicted octanol–water partition coefficient (Wildman–Crippen LogP) is -19.3. The molecule has 30 N–H and O–H groups in total. The topological polar surface area (TPSA) is 798 Å². The molecule has 0 saturated carbocycles. The Labute approximate surface area is 640 Å². The van der Waals surface area contributed by atoms with Gasteiger partial charge in [-0.15, -0.1) is 0 Å². The molecular weight excluding hydrogens is 1550 g/mol. The first-order chi connectivity index (χ1) is 53.2. The van der Waals surface area contributed by atoms with E-state index in [1.54, 1.807) is 0 Å². The number of carbonyl (C=O) groups excluding carboxylic acids is 3. The number of nitrogens with one attached hydrogen (secondary N) is 3. The SMILES string of the molecule is CC(=O)N[C@H]1[C@H](OC[C@H]2O[C@@H](O[C@@H]([C@H](O)[C@@H](O)CO)[C@H](O)CO)[C@H](O)[C@@H](O[C@@H]3O[C@H](CO)[C@@H](O)[C@H](O[C@@H]4O[C@H](CO)[C@H](O)[C@H](O)[C@H]4O[C@@H]4O[C@@H](C)[C@@H](O)[C@@H](O)[C@@H]4O)[C@H]3NC(C)=O)[C@H]2O)O[C@H](CO)[C@@H](O[C@@H]2O[C@H](CO)[C@H](O)[C@H](O[C@]3(C(=O)O)C[C@H](O)[C@@H](NC(C)=O)[C@H]([C@H](O)[C@H](O)CO)O3)[C@H]2O)[C@@H]1O[C@@H]1O[C@@H](C)[C@@H](O)[C@@H](O)[C@@H]1O. The van der Waals surface area contributed by atoms with E-state index in [0.29, 0.717) is 0 Å². The lowest BCUT2D eigenvalue weighted by Gasteiger charge is -2.52. The summed E-state index contributed by atoms with van der Waals surface area (Å²) < 4.78 is 95.3. The summed E-state index contributed by atoms with van der Waals surface area (Å²) in [6.45, 7) is -4.68. The van der Waals surface area contributed by atoms with Gasteiger partial charge >= 0.3 is 5.97 Å². The number of ether oxygens (including phenoxy) is 16. The third kappa shape index (κ3) is 21.2. The van der Waals surface area contributed by atoms with Gasteiger partial charge in [0.25, 0.3) is 5.79 Å². The number of aliphatic hydroxyl groups is 26. The van der Waals surface area contributed by atoms with Gasteiger partial charge in [0.1, 0.15) is 201 Å². The molecule has 0 radical (unpaired) electrons. The molecule has 8 heterocycles. The number of carboxylic acid groups (broad SMARTS) is 1. The first-order valence-corrected chi connectivity index (χ1v) is 35.9. The second kappa shape index (κ2) is 41.0. The van der Waals surface area contributed by atoms with Crippen LogP contribution in [0, 0.1) is 0 Å². The second-order valence-corrected chi connectivity index (χ2v) is 28.6. The van der Waals surface area contributed by atoms with E-state index in [9.17, 15) is 157 Å². The van der Waals surface area contributed by atoms with Crippen LogP contribution < -0.4 is 16.0 Å². The zero-order chi connectivity index (χ0) is 84.0. The van der Waals surface area contributed by atoms with Crippen LogP contribution in [0.25, 0.3) is 0 Å². The molecule has 8 aliphatic rings. The van der Waals surface area contributed by atoms with Gasteiger partial charge in [-0.25, -0.2) is 4.79 Å². The molecule has 3 amide bonds. The zero-order valence-corrected chi connectivity index (χ0v) is 61.0. The molecule has 113 heavy (non-hydrogen) atoms. The monoisotopic (exact) mass is 1660 g/mol. The van der Waals surface area contributed by atoms with E-state index in [4.69, 9.17) is 75.8 Å². The molecule has 50 nitrogen and oxygen atoms in total. The summed E-state index contributed by atoms with van der Waals surface area (Å²) in [4.78, 5) is 52.5. The van der Waals surface area contributed by atoms with E-state index >= 15 is 0 Å². The Bertz CT molecular complexity index is 2990. The Balaban J connectivity index is 1.16. The third-order valence-corrected chi connectivity index (χ3v) is 20.5. The van der Waals surface area contributed by atoms with Gasteiger partial charge in [0.2, 0.25) is 17.7 Å². The molecule has 50 heteroatoms. The Morgan fingerprint density at radius 1 is 0.398 bits per heavy atom. The molecule has 8 rings (SSSR count). The quantitative estimate of drug-likeness (QED) is 0.0290. The molecule has 656 valence electrons. The van der Waals surface area contributed by atoms with Crippen molar-refractivity contribution in [2.75, 3.05) is 52.9 Å². The maximum atomic E-state index is 13.6. The minimum Gasteiger partial charge on any atom is -0.477 e. The van der Waals surface area contributed by atoms with E-state index in [1.807, 2.05) is 0 Å². The molecule has 0 aromatic rings. The summed E-state index contributed by atoms with van der Waals surface area (Å²) >= 11 is 0. The predicted molar refractivity (Wildman–Crippen MR) is 348 cm³/mol. The van der Waals surface area contributed by atoms with Crippen molar-refractivity contribution < 1.29 is 233 Å². The van der Waals surface area contributed by atoms with E-state index in [2.05, 4.69) is 16.0 Å². The van der Waals surface area contributed by atoms with Crippen LogP contribution in [0.5, 0.6) is 0 Å². The van der Waals surface area contributed by atoms with Gasteiger partial charge in [0.05, 0.1) is 77.2 Å². The molecule has 8 saturated heterocycles.